The Bertz CT molecular complexity index is 438. The van der Waals surface area contributed by atoms with Gasteiger partial charge in [0.15, 0.2) is 0 Å². The summed E-state index contributed by atoms with van der Waals surface area (Å²) in [5.74, 6) is 3.90. The quantitative estimate of drug-likeness (QED) is 0.814. The highest BCUT2D eigenvalue weighted by atomic mass is 15.1. The summed E-state index contributed by atoms with van der Waals surface area (Å²) in [4.78, 5) is 9.24. The van der Waals surface area contributed by atoms with Crippen molar-refractivity contribution in [2.45, 2.75) is 71.3 Å². The van der Waals surface area contributed by atoms with E-state index in [1.807, 2.05) is 13.1 Å². The van der Waals surface area contributed by atoms with Gasteiger partial charge < -0.3 is 10.6 Å². The van der Waals surface area contributed by atoms with Crippen molar-refractivity contribution in [3.05, 3.63) is 11.9 Å². The summed E-state index contributed by atoms with van der Waals surface area (Å²) in [6.07, 6.45) is 8.03. The van der Waals surface area contributed by atoms with Crippen molar-refractivity contribution >= 4 is 11.6 Å². The van der Waals surface area contributed by atoms with Gasteiger partial charge >= 0.3 is 0 Å². The van der Waals surface area contributed by atoms with E-state index in [0.717, 1.165) is 29.8 Å². The predicted octanol–water partition coefficient (Wildman–Crippen LogP) is 4.41. The summed E-state index contributed by atoms with van der Waals surface area (Å²) in [6.45, 7) is 6.55. The molecule has 0 radical (unpaired) electrons. The van der Waals surface area contributed by atoms with Gasteiger partial charge in [-0.3, -0.25) is 0 Å². The highest BCUT2D eigenvalue weighted by molar-refractivity contribution is 5.48. The molecule has 1 unspecified atom stereocenters. The first-order valence-electron chi connectivity index (χ1n) is 8.47. The lowest BCUT2D eigenvalue weighted by Crippen LogP contribution is -2.30. The summed E-state index contributed by atoms with van der Waals surface area (Å²) in [7, 11) is 1.91. The first-order chi connectivity index (χ1) is 10.1. The van der Waals surface area contributed by atoms with Gasteiger partial charge in [-0.1, -0.05) is 40.0 Å². The molecule has 0 bridgehead atoms. The van der Waals surface area contributed by atoms with E-state index in [0.29, 0.717) is 12.0 Å². The van der Waals surface area contributed by atoms with E-state index in [1.54, 1.807) is 0 Å². The molecule has 0 saturated heterocycles. The van der Waals surface area contributed by atoms with Crippen LogP contribution in [0.3, 0.4) is 0 Å². The molecule has 1 fully saturated rings. The van der Waals surface area contributed by atoms with Crippen molar-refractivity contribution in [1.29, 1.82) is 0 Å². The van der Waals surface area contributed by atoms with Gasteiger partial charge in [0, 0.05) is 25.1 Å². The molecule has 4 nitrogen and oxygen atoms in total. The number of hydrogen-bond acceptors (Lipinski definition) is 4. The molecule has 1 aliphatic rings. The molecule has 4 heteroatoms. The van der Waals surface area contributed by atoms with Gasteiger partial charge in [0.1, 0.15) is 17.5 Å². The molecule has 21 heavy (non-hydrogen) atoms. The van der Waals surface area contributed by atoms with E-state index in [-0.39, 0.29) is 0 Å². The van der Waals surface area contributed by atoms with Crippen LogP contribution in [-0.2, 0) is 0 Å². The van der Waals surface area contributed by atoms with Gasteiger partial charge in [-0.05, 0) is 25.2 Å². The lowest BCUT2D eigenvalue weighted by molar-refractivity contribution is 0.312. The predicted molar refractivity (Wildman–Crippen MR) is 89.9 cm³/mol. The second kappa shape index (κ2) is 7.62. The molecule has 1 aromatic rings. The largest absolute Gasteiger partial charge is 0.373 e. The van der Waals surface area contributed by atoms with E-state index in [4.69, 9.17) is 4.98 Å². The van der Waals surface area contributed by atoms with Gasteiger partial charge in [-0.25, -0.2) is 9.97 Å². The fourth-order valence-corrected chi connectivity index (χ4v) is 3.21. The molecule has 0 spiro atoms. The second-order valence-corrected chi connectivity index (χ2v) is 6.46. The average molecular weight is 290 g/mol. The Kier molecular flexibility index (Phi) is 5.83. The maximum atomic E-state index is 4.70. The topological polar surface area (TPSA) is 49.8 Å². The Hall–Kier alpha value is -1.32. The van der Waals surface area contributed by atoms with Crippen molar-refractivity contribution in [3.8, 4) is 0 Å². The van der Waals surface area contributed by atoms with Crippen molar-refractivity contribution in [2.24, 2.45) is 5.92 Å². The summed E-state index contributed by atoms with van der Waals surface area (Å²) < 4.78 is 0. The minimum atomic E-state index is 0.341. The monoisotopic (exact) mass is 290 g/mol. The Labute approximate surface area is 129 Å². The van der Waals surface area contributed by atoms with Crippen molar-refractivity contribution < 1.29 is 0 Å². The molecule has 118 valence electrons. The lowest BCUT2D eigenvalue weighted by Gasteiger charge is -2.30. The molecule has 2 N–H and O–H groups in total. The molecular weight excluding hydrogens is 260 g/mol. The summed E-state index contributed by atoms with van der Waals surface area (Å²) in [5, 5.41) is 6.82. The molecular formula is C17H30N4. The third-order valence-corrected chi connectivity index (χ3v) is 4.51. The Morgan fingerprint density at radius 3 is 2.38 bits per heavy atom. The summed E-state index contributed by atoms with van der Waals surface area (Å²) in [5.41, 5.74) is 0. The number of nitrogens with zero attached hydrogens (tertiary/aromatic N) is 2. The zero-order valence-corrected chi connectivity index (χ0v) is 13.9. The highest BCUT2D eigenvalue weighted by Gasteiger charge is 2.22. The second-order valence-electron chi connectivity index (χ2n) is 6.46. The zero-order valence-electron chi connectivity index (χ0n) is 13.9. The first-order valence-corrected chi connectivity index (χ1v) is 8.47. The summed E-state index contributed by atoms with van der Waals surface area (Å²) >= 11 is 0. The van der Waals surface area contributed by atoms with Crippen LogP contribution in [0.1, 0.15) is 71.0 Å². The van der Waals surface area contributed by atoms with Crippen molar-refractivity contribution in [2.75, 3.05) is 17.7 Å². The maximum Gasteiger partial charge on any atom is 0.135 e. The number of anilines is 2. The molecule has 0 amide bonds. The van der Waals surface area contributed by atoms with Gasteiger partial charge in [0.25, 0.3) is 0 Å². The van der Waals surface area contributed by atoms with Crippen LogP contribution in [0, 0.1) is 5.92 Å². The van der Waals surface area contributed by atoms with E-state index in [9.17, 15) is 0 Å². The normalized spacial score (nSPS) is 17.8. The highest BCUT2D eigenvalue weighted by Crippen LogP contribution is 2.29. The number of aromatic nitrogens is 2. The van der Waals surface area contributed by atoms with Crippen molar-refractivity contribution in [3.63, 3.8) is 0 Å². The molecule has 2 rings (SSSR count). The van der Waals surface area contributed by atoms with Crippen LogP contribution in [0.25, 0.3) is 0 Å². The van der Waals surface area contributed by atoms with Gasteiger partial charge in [-0.2, -0.15) is 0 Å². The zero-order chi connectivity index (χ0) is 15.2. The fraction of sp³-hybridized carbons (Fsp3) is 0.765. The summed E-state index contributed by atoms with van der Waals surface area (Å²) in [6, 6.07) is 2.56. The minimum Gasteiger partial charge on any atom is -0.373 e. The van der Waals surface area contributed by atoms with E-state index in [2.05, 4.69) is 36.4 Å². The number of nitrogens with one attached hydrogen (secondary N) is 2. The third kappa shape index (κ3) is 4.32. The Balaban J connectivity index is 2.13. The lowest BCUT2D eigenvalue weighted by atomic mass is 9.83. The van der Waals surface area contributed by atoms with E-state index >= 15 is 0 Å². The molecule has 0 aromatic carbocycles. The smallest absolute Gasteiger partial charge is 0.135 e. The van der Waals surface area contributed by atoms with E-state index in [1.165, 1.54) is 32.1 Å². The molecule has 0 aliphatic heterocycles. The minimum absolute atomic E-state index is 0.341. The van der Waals surface area contributed by atoms with Crippen LogP contribution in [0.4, 0.5) is 11.6 Å². The maximum absolute atomic E-state index is 4.70. The first kappa shape index (κ1) is 16.1. The van der Waals surface area contributed by atoms with E-state index < -0.39 is 0 Å². The SMILES string of the molecule is CCC(Nc1cc(NC)nc(C(C)C)n1)C1CCCCC1. The number of rotatable bonds is 6. The molecule has 1 aromatic heterocycles. The molecule has 1 saturated carbocycles. The molecule has 1 atom stereocenters. The average Bonchev–Trinajstić information content (AvgIpc) is 2.53. The Morgan fingerprint density at radius 2 is 1.81 bits per heavy atom. The van der Waals surface area contributed by atoms with Crippen LogP contribution >= 0.6 is 0 Å². The van der Waals surface area contributed by atoms with Gasteiger partial charge in [0.2, 0.25) is 0 Å². The van der Waals surface area contributed by atoms with Crippen LogP contribution in [-0.4, -0.2) is 23.1 Å². The van der Waals surface area contributed by atoms with Crippen LogP contribution in [0.5, 0.6) is 0 Å². The van der Waals surface area contributed by atoms with Gasteiger partial charge in [-0.15, -0.1) is 0 Å². The third-order valence-electron chi connectivity index (χ3n) is 4.51. The standard InChI is InChI=1S/C17H30N4/c1-5-14(13-9-7-6-8-10-13)19-16-11-15(18-4)20-17(21-16)12(2)3/h11-14H,5-10H2,1-4H3,(H2,18,19,20,21). The van der Waals surface area contributed by atoms with Crippen molar-refractivity contribution in [1.82, 2.24) is 9.97 Å². The Morgan fingerprint density at radius 1 is 1.14 bits per heavy atom. The van der Waals surface area contributed by atoms with Crippen LogP contribution in [0.15, 0.2) is 6.07 Å². The van der Waals surface area contributed by atoms with Crippen LogP contribution < -0.4 is 10.6 Å². The molecule has 1 aliphatic carbocycles. The molecule has 1 heterocycles. The van der Waals surface area contributed by atoms with Crippen LogP contribution in [0.2, 0.25) is 0 Å². The number of hydrogen-bond donors (Lipinski definition) is 2. The fourth-order valence-electron chi connectivity index (χ4n) is 3.21. The van der Waals surface area contributed by atoms with Gasteiger partial charge in [0.05, 0.1) is 0 Å².